The molecule has 0 unspecified atom stereocenters. The third kappa shape index (κ3) is 5.31. The molecule has 23 heavy (non-hydrogen) atoms. The van der Waals surface area contributed by atoms with E-state index >= 15 is 0 Å². The summed E-state index contributed by atoms with van der Waals surface area (Å²) >= 11 is 0. The maximum atomic E-state index is 12.3. The number of nitrogens with zero attached hydrogens (tertiary/aromatic N) is 3. The highest BCUT2D eigenvalue weighted by Crippen LogP contribution is 2.05. The van der Waals surface area contributed by atoms with E-state index in [1.165, 1.54) is 4.90 Å². The standard InChI is InChI=1S/C16H24N4O3/c1-18-7-9-20(10-8-18)17-15(22)16(23)19(11-12-21)13-14-5-3-2-4-6-14/h2-6,21H,7-13H2,1H3,(H,17,22). The van der Waals surface area contributed by atoms with Gasteiger partial charge in [-0.2, -0.15) is 0 Å². The van der Waals surface area contributed by atoms with Crippen molar-refractivity contribution in [2.24, 2.45) is 0 Å². The molecular weight excluding hydrogens is 296 g/mol. The van der Waals surface area contributed by atoms with Crippen molar-refractivity contribution in [3.05, 3.63) is 35.9 Å². The van der Waals surface area contributed by atoms with Crippen LogP contribution in [0.25, 0.3) is 0 Å². The van der Waals surface area contributed by atoms with E-state index in [0.29, 0.717) is 19.6 Å². The molecule has 0 aliphatic carbocycles. The highest BCUT2D eigenvalue weighted by atomic mass is 16.3. The van der Waals surface area contributed by atoms with Crippen LogP contribution < -0.4 is 5.43 Å². The lowest BCUT2D eigenvalue weighted by atomic mass is 10.2. The Hall–Kier alpha value is -1.96. The minimum atomic E-state index is -0.654. The molecule has 1 fully saturated rings. The van der Waals surface area contributed by atoms with Crippen molar-refractivity contribution in [1.29, 1.82) is 0 Å². The fraction of sp³-hybridized carbons (Fsp3) is 0.500. The Kier molecular flexibility index (Phi) is 6.52. The van der Waals surface area contributed by atoms with Crippen LogP contribution in [0.5, 0.6) is 0 Å². The summed E-state index contributed by atoms with van der Waals surface area (Å²) in [7, 11) is 2.02. The molecule has 2 amide bonds. The lowest BCUT2D eigenvalue weighted by Crippen LogP contribution is -2.55. The molecule has 1 aliphatic rings. The monoisotopic (exact) mass is 320 g/mol. The first kappa shape index (κ1) is 17.4. The lowest BCUT2D eigenvalue weighted by molar-refractivity contribution is -0.149. The Morgan fingerprint density at radius 2 is 1.83 bits per heavy atom. The molecule has 1 aromatic rings. The van der Waals surface area contributed by atoms with Crippen LogP contribution in [0.3, 0.4) is 0 Å². The molecule has 0 aromatic heterocycles. The first-order chi connectivity index (χ1) is 11.1. The minimum absolute atomic E-state index is 0.129. The lowest BCUT2D eigenvalue weighted by Gasteiger charge is -2.32. The number of carbonyl (C=O) groups excluding carboxylic acids is 2. The predicted octanol–water partition coefficient (Wildman–Crippen LogP) is -0.714. The average Bonchev–Trinajstić information content (AvgIpc) is 2.57. The van der Waals surface area contributed by atoms with Crippen molar-refractivity contribution >= 4 is 11.8 Å². The molecule has 2 N–H and O–H groups in total. The van der Waals surface area contributed by atoms with Crippen LogP contribution in [-0.4, -0.2) is 78.1 Å². The largest absolute Gasteiger partial charge is 0.395 e. The summed E-state index contributed by atoms with van der Waals surface area (Å²) in [6, 6.07) is 9.41. The normalized spacial score (nSPS) is 16.1. The van der Waals surface area contributed by atoms with Crippen molar-refractivity contribution in [1.82, 2.24) is 20.2 Å². The summed E-state index contributed by atoms with van der Waals surface area (Å²) in [5.41, 5.74) is 3.58. The Morgan fingerprint density at radius 3 is 2.43 bits per heavy atom. The number of benzene rings is 1. The Morgan fingerprint density at radius 1 is 1.17 bits per heavy atom. The Labute approximate surface area is 136 Å². The molecule has 7 heteroatoms. The van der Waals surface area contributed by atoms with Crippen LogP contribution in [0.1, 0.15) is 5.56 Å². The summed E-state index contributed by atoms with van der Waals surface area (Å²) in [4.78, 5) is 28.0. The molecule has 0 bridgehead atoms. The maximum absolute atomic E-state index is 12.3. The van der Waals surface area contributed by atoms with Crippen molar-refractivity contribution in [2.75, 3.05) is 46.4 Å². The number of hydrogen-bond acceptors (Lipinski definition) is 5. The van der Waals surface area contributed by atoms with E-state index in [-0.39, 0.29) is 13.2 Å². The van der Waals surface area contributed by atoms with Gasteiger partial charge >= 0.3 is 11.8 Å². The molecule has 0 atom stereocenters. The van der Waals surface area contributed by atoms with Crippen LogP contribution in [0.4, 0.5) is 0 Å². The summed E-state index contributed by atoms with van der Waals surface area (Å²) in [5, 5.41) is 10.9. The third-order valence-corrected chi connectivity index (χ3v) is 3.83. The fourth-order valence-electron chi connectivity index (χ4n) is 2.43. The van der Waals surface area contributed by atoms with Crippen LogP contribution in [-0.2, 0) is 16.1 Å². The molecule has 0 saturated carbocycles. The van der Waals surface area contributed by atoms with Gasteiger partial charge in [-0.3, -0.25) is 15.0 Å². The Balaban J connectivity index is 1.92. The molecule has 126 valence electrons. The van der Waals surface area contributed by atoms with Gasteiger partial charge in [0.05, 0.1) is 6.61 Å². The molecule has 0 radical (unpaired) electrons. The molecule has 1 saturated heterocycles. The van der Waals surface area contributed by atoms with Gasteiger partial charge in [0.1, 0.15) is 0 Å². The van der Waals surface area contributed by atoms with Gasteiger partial charge in [0.15, 0.2) is 0 Å². The molecule has 2 rings (SSSR count). The number of aliphatic hydroxyl groups excluding tert-OH is 1. The van der Waals surface area contributed by atoms with Crippen LogP contribution in [0, 0.1) is 0 Å². The molecule has 1 aromatic carbocycles. The van der Waals surface area contributed by atoms with E-state index in [0.717, 1.165) is 18.7 Å². The summed E-state index contributed by atoms with van der Waals surface area (Å²) in [6.07, 6.45) is 0. The molecular formula is C16H24N4O3. The highest BCUT2D eigenvalue weighted by molar-refractivity contribution is 6.34. The van der Waals surface area contributed by atoms with Gasteiger partial charge in [0.25, 0.3) is 0 Å². The molecule has 0 spiro atoms. The number of hydrazine groups is 1. The minimum Gasteiger partial charge on any atom is -0.395 e. The van der Waals surface area contributed by atoms with Crippen molar-refractivity contribution in [3.8, 4) is 0 Å². The number of aliphatic hydroxyl groups is 1. The second kappa shape index (κ2) is 8.61. The van der Waals surface area contributed by atoms with Gasteiger partial charge in [-0.25, -0.2) is 5.01 Å². The van der Waals surface area contributed by atoms with Gasteiger partial charge < -0.3 is 14.9 Å². The van der Waals surface area contributed by atoms with Gasteiger partial charge in [-0.15, -0.1) is 0 Å². The predicted molar refractivity (Wildman–Crippen MR) is 86.2 cm³/mol. The zero-order valence-corrected chi connectivity index (χ0v) is 13.4. The van der Waals surface area contributed by atoms with E-state index in [2.05, 4.69) is 10.3 Å². The quantitative estimate of drug-likeness (QED) is 0.701. The first-order valence-corrected chi connectivity index (χ1v) is 7.78. The number of likely N-dealkylation sites (N-methyl/N-ethyl adjacent to an activating group) is 1. The van der Waals surface area contributed by atoms with Crippen molar-refractivity contribution < 1.29 is 14.7 Å². The van der Waals surface area contributed by atoms with E-state index in [1.54, 1.807) is 5.01 Å². The van der Waals surface area contributed by atoms with Crippen LogP contribution >= 0.6 is 0 Å². The molecule has 7 nitrogen and oxygen atoms in total. The average molecular weight is 320 g/mol. The van der Waals surface area contributed by atoms with Gasteiger partial charge in [-0.1, -0.05) is 30.3 Å². The third-order valence-electron chi connectivity index (χ3n) is 3.83. The van der Waals surface area contributed by atoms with E-state index in [1.807, 2.05) is 37.4 Å². The number of piperazine rings is 1. The van der Waals surface area contributed by atoms with Gasteiger partial charge in [-0.05, 0) is 12.6 Å². The second-order valence-electron chi connectivity index (χ2n) is 5.67. The number of hydrogen-bond donors (Lipinski definition) is 2. The van der Waals surface area contributed by atoms with E-state index in [9.17, 15) is 9.59 Å². The summed E-state index contributed by atoms with van der Waals surface area (Å²) in [6.45, 7) is 3.32. The number of rotatable bonds is 5. The number of amides is 2. The van der Waals surface area contributed by atoms with Crippen molar-refractivity contribution in [3.63, 3.8) is 0 Å². The Bertz CT molecular complexity index is 515. The zero-order chi connectivity index (χ0) is 16.7. The van der Waals surface area contributed by atoms with E-state index in [4.69, 9.17) is 5.11 Å². The fourth-order valence-corrected chi connectivity index (χ4v) is 2.43. The first-order valence-electron chi connectivity index (χ1n) is 7.78. The van der Waals surface area contributed by atoms with E-state index < -0.39 is 11.8 Å². The number of carbonyl (C=O) groups is 2. The molecule has 1 heterocycles. The zero-order valence-electron chi connectivity index (χ0n) is 13.4. The summed E-state index contributed by atoms with van der Waals surface area (Å²) < 4.78 is 0. The van der Waals surface area contributed by atoms with Crippen LogP contribution in [0.15, 0.2) is 30.3 Å². The topological polar surface area (TPSA) is 76.1 Å². The maximum Gasteiger partial charge on any atom is 0.323 e. The van der Waals surface area contributed by atoms with Gasteiger partial charge in [0.2, 0.25) is 0 Å². The van der Waals surface area contributed by atoms with Gasteiger partial charge in [0, 0.05) is 39.3 Å². The molecule has 1 aliphatic heterocycles. The highest BCUT2D eigenvalue weighted by Gasteiger charge is 2.24. The smallest absolute Gasteiger partial charge is 0.323 e. The second-order valence-corrected chi connectivity index (χ2v) is 5.67. The van der Waals surface area contributed by atoms with Crippen LogP contribution in [0.2, 0.25) is 0 Å². The van der Waals surface area contributed by atoms with Crippen molar-refractivity contribution in [2.45, 2.75) is 6.54 Å². The number of nitrogens with one attached hydrogen (secondary N) is 1. The SMILES string of the molecule is CN1CCN(NC(=O)C(=O)N(CCO)Cc2ccccc2)CC1. The summed E-state index contributed by atoms with van der Waals surface area (Å²) in [5.74, 6) is -1.28.